The summed E-state index contributed by atoms with van der Waals surface area (Å²) < 4.78 is 39.5. The first-order valence-corrected chi connectivity index (χ1v) is 17.6. The van der Waals surface area contributed by atoms with E-state index >= 15 is 0 Å². The van der Waals surface area contributed by atoms with Gasteiger partial charge in [-0.3, -0.25) is 19.5 Å². The van der Waals surface area contributed by atoms with E-state index in [4.69, 9.17) is 31.0 Å². The monoisotopic (exact) mass is 731 g/mol. The van der Waals surface area contributed by atoms with Crippen LogP contribution in [0.1, 0.15) is 44.1 Å². The zero-order chi connectivity index (χ0) is 37.3. The Bertz CT molecular complexity index is 2190. The summed E-state index contributed by atoms with van der Waals surface area (Å²) in [5, 5.41) is 7.95. The maximum Gasteiger partial charge on any atom is 0.309 e. The van der Waals surface area contributed by atoms with Crippen molar-refractivity contribution in [3.63, 3.8) is 0 Å². The van der Waals surface area contributed by atoms with E-state index in [2.05, 4.69) is 20.3 Å². The Morgan fingerprint density at radius 2 is 1.75 bits per heavy atom. The van der Waals surface area contributed by atoms with Crippen LogP contribution < -0.4 is 15.6 Å². The van der Waals surface area contributed by atoms with Crippen LogP contribution in [0.25, 0.3) is 33.2 Å². The number of halogens is 3. The number of hydrogen-bond donors (Lipinski definition) is 1. The van der Waals surface area contributed by atoms with Crippen LogP contribution in [0.3, 0.4) is 0 Å². The fourth-order valence-electron chi connectivity index (χ4n) is 6.95. The summed E-state index contributed by atoms with van der Waals surface area (Å²) in [7, 11) is 3.04. The van der Waals surface area contributed by atoms with E-state index in [1.807, 2.05) is 52.0 Å². The van der Waals surface area contributed by atoms with E-state index in [0.717, 1.165) is 28.9 Å². The van der Waals surface area contributed by atoms with Gasteiger partial charge in [0.15, 0.2) is 0 Å². The molecule has 4 heterocycles. The minimum atomic E-state index is -2.84. The van der Waals surface area contributed by atoms with E-state index in [0.29, 0.717) is 64.1 Å². The molecule has 2 unspecified atom stereocenters. The Morgan fingerprint density at radius 1 is 1.06 bits per heavy atom. The second-order valence-electron chi connectivity index (χ2n) is 12.5. The zero-order valence-corrected chi connectivity index (χ0v) is 30.5. The maximum absolute atomic E-state index is 13.8. The lowest BCUT2D eigenvalue weighted by atomic mass is 9.96. The minimum absolute atomic E-state index is 0.00377. The number of aryl methyl sites for hydroxylation is 1. The lowest BCUT2D eigenvalue weighted by Gasteiger charge is -2.20. The van der Waals surface area contributed by atoms with Gasteiger partial charge in [0, 0.05) is 48.9 Å². The minimum Gasteiger partial charge on any atom is -0.480 e. The average molecular weight is 732 g/mol. The Labute approximate surface area is 305 Å². The summed E-state index contributed by atoms with van der Waals surface area (Å²) in [4.78, 5) is 41.0. The molecule has 272 valence electrons. The third-order valence-electron chi connectivity index (χ3n) is 9.53. The summed E-state index contributed by atoms with van der Waals surface area (Å²) in [5.41, 5.74) is 3.72. The van der Waals surface area contributed by atoms with Gasteiger partial charge in [-0.25, -0.2) is 23.4 Å². The second kappa shape index (κ2) is 15.3. The van der Waals surface area contributed by atoms with Gasteiger partial charge in [-0.1, -0.05) is 55.8 Å². The molecule has 1 saturated heterocycles. The molecule has 2 fully saturated rings. The van der Waals surface area contributed by atoms with Crippen molar-refractivity contribution in [1.82, 2.24) is 29.6 Å². The molecule has 1 saturated carbocycles. The number of ether oxygens (including phenoxy) is 2. The molecule has 0 bridgehead atoms. The Morgan fingerprint density at radius 3 is 2.44 bits per heavy atom. The van der Waals surface area contributed by atoms with Crippen molar-refractivity contribution in [3.05, 3.63) is 87.2 Å². The van der Waals surface area contributed by atoms with Gasteiger partial charge in [0.1, 0.15) is 17.2 Å². The van der Waals surface area contributed by atoms with Crippen molar-refractivity contribution in [2.45, 2.75) is 40.7 Å². The third-order valence-corrected chi connectivity index (χ3v) is 9.94. The van der Waals surface area contributed by atoms with Crippen LogP contribution in [-0.2, 0) is 23.1 Å². The van der Waals surface area contributed by atoms with Gasteiger partial charge in [0.05, 0.1) is 48.1 Å². The fourth-order valence-corrected chi connectivity index (χ4v) is 7.27. The number of alkyl halides is 2. The first-order chi connectivity index (χ1) is 25.1. The van der Waals surface area contributed by atoms with E-state index in [1.165, 1.54) is 19.3 Å². The quantitative estimate of drug-likeness (QED) is 0.146. The number of methoxy groups -OCH3 is 1. The molecule has 7 rings (SSSR count). The molecular weight excluding hydrogens is 692 g/mol. The largest absolute Gasteiger partial charge is 0.480 e. The molecule has 1 aliphatic carbocycles. The Kier molecular flexibility index (Phi) is 10.8. The number of carbonyl (C=O) groups excluding carboxylic acids is 1. The van der Waals surface area contributed by atoms with E-state index in [1.54, 1.807) is 25.4 Å². The van der Waals surface area contributed by atoms with Crippen LogP contribution in [0.15, 0.2) is 59.7 Å². The van der Waals surface area contributed by atoms with E-state index in [-0.39, 0.29) is 28.5 Å². The molecule has 0 radical (unpaired) electrons. The summed E-state index contributed by atoms with van der Waals surface area (Å²) in [6.07, 6.45) is 0.199. The van der Waals surface area contributed by atoms with Crippen molar-refractivity contribution >= 4 is 39.8 Å². The first-order valence-electron chi connectivity index (χ1n) is 17.2. The molecule has 2 atom stereocenters. The normalized spacial score (nSPS) is 17.8. The van der Waals surface area contributed by atoms with E-state index < -0.39 is 17.7 Å². The number of likely N-dealkylation sites (tertiary alicyclic amines) is 1. The molecule has 0 spiro atoms. The van der Waals surface area contributed by atoms with Crippen LogP contribution in [0.5, 0.6) is 5.88 Å². The number of fused-ring (bicyclic) bond motifs is 2. The van der Waals surface area contributed by atoms with Crippen molar-refractivity contribution in [3.8, 4) is 28.3 Å². The van der Waals surface area contributed by atoms with Crippen LogP contribution in [0.4, 0.5) is 20.3 Å². The molecule has 14 heteroatoms. The molecular formula is C38H40ClF2N7O4. The van der Waals surface area contributed by atoms with E-state index in [9.17, 15) is 18.4 Å². The molecule has 3 aromatic heterocycles. The first kappa shape index (κ1) is 36.8. The topological polar surface area (TPSA) is 124 Å². The molecule has 1 N–H and O–H groups in total. The predicted octanol–water partition coefficient (Wildman–Crippen LogP) is 7.37. The van der Waals surface area contributed by atoms with Crippen LogP contribution in [0.2, 0.25) is 5.02 Å². The predicted molar refractivity (Wildman–Crippen MR) is 196 cm³/mol. The Balaban J connectivity index is 0.00000228. The lowest BCUT2D eigenvalue weighted by Crippen LogP contribution is -2.27. The van der Waals surface area contributed by atoms with Crippen LogP contribution in [-0.4, -0.2) is 62.4 Å². The highest BCUT2D eigenvalue weighted by Crippen LogP contribution is 2.52. The number of carbonyl (C=O) groups is 1. The van der Waals surface area contributed by atoms with Gasteiger partial charge in [-0.2, -0.15) is 5.10 Å². The van der Waals surface area contributed by atoms with Gasteiger partial charge in [0.2, 0.25) is 5.88 Å². The number of nitrogens with zero attached hydrogens (tertiary/aromatic N) is 6. The van der Waals surface area contributed by atoms with Crippen molar-refractivity contribution in [1.29, 1.82) is 0 Å². The lowest BCUT2D eigenvalue weighted by molar-refractivity contribution is -0.145. The molecule has 52 heavy (non-hydrogen) atoms. The number of nitrogens with one attached hydrogen (secondary N) is 1. The van der Waals surface area contributed by atoms with Crippen LogP contribution >= 0.6 is 11.6 Å². The molecule has 2 aromatic carbocycles. The number of aromatic nitrogens is 5. The van der Waals surface area contributed by atoms with Crippen molar-refractivity contribution < 1.29 is 23.0 Å². The smallest absolute Gasteiger partial charge is 0.309 e. The molecule has 5 aromatic rings. The molecule has 1 aliphatic heterocycles. The molecule has 0 amide bonds. The standard InChI is InChI=1S/C36H34ClF2N7O4.C2H6/c1-5-50-36(48)30-23-15-46(16-24(23)30)17-28-34(49-4)44-27(14-40-28)22-10-6-9-21(31(22)37)20-8-7-11-25(18(20)2)42-33-29-19(12-26(43-33)32(38)39)13-41-45(3)35(29)47;1-2/h6-14,23-24,30,32H,5,15-17H2,1-4H3,(H,42,43);1-2H3. The maximum atomic E-state index is 13.8. The second-order valence-corrected chi connectivity index (χ2v) is 12.9. The third kappa shape index (κ3) is 6.94. The number of hydrogen-bond acceptors (Lipinski definition) is 10. The Hall–Kier alpha value is -5.01. The number of esters is 1. The molecule has 2 aliphatic rings. The number of pyridine rings is 1. The zero-order valence-electron chi connectivity index (χ0n) is 29.8. The number of benzene rings is 2. The van der Waals surface area contributed by atoms with Crippen molar-refractivity contribution in [2.24, 2.45) is 24.8 Å². The van der Waals surface area contributed by atoms with Crippen molar-refractivity contribution in [2.75, 3.05) is 32.1 Å². The summed E-state index contributed by atoms with van der Waals surface area (Å²) >= 11 is 7.07. The average Bonchev–Trinajstić information content (AvgIpc) is 3.66. The highest BCUT2D eigenvalue weighted by atomic mass is 35.5. The fraction of sp³-hybridized carbons (Fsp3) is 0.368. The van der Waals surface area contributed by atoms with Gasteiger partial charge < -0.3 is 14.8 Å². The van der Waals surface area contributed by atoms with Gasteiger partial charge in [-0.15, -0.1) is 0 Å². The van der Waals surface area contributed by atoms with Gasteiger partial charge in [0.25, 0.3) is 12.0 Å². The van der Waals surface area contributed by atoms with Gasteiger partial charge >= 0.3 is 5.97 Å². The highest BCUT2D eigenvalue weighted by molar-refractivity contribution is 6.36. The molecule has 11 nitrogen and oxygen atoms in total. The van der Waals surface area contributed by atoms with Gasteiger partial charge in [-0.05, 0) is 48.9 Å². The number of rotatable bonds is 10. The summed E-state index contributed by atoms with van der Waals surface area (Å²) in [6, 6.07) is 12.3. The van der Waals surface area contributed by atoms with Crippen LogP contribution in [0, 0.1) is 24.7 Å². The summed E-state index contributed by atoms with van der Waals surface area (Å²) in [6.45, 7) is 10.2. The summed E-state index contributed by atoms with van der Waals surface area (Å²) in [5.74, 6) is 0.921. The highest BCUT2D eigenvalue weighted by Gasteiger charge is 2.60. The number of piperidine rings is 1. The number of anilines is 2. The SMILES string of the molecule is CC.CCOC(=O)C1C2CN(Cc3ncc(-c4cccc(-c5cccc(Nc6nc(C(F)F)cc7cnn(C)c(=O)c67)c5C)c4Cl)nc3OC)CC21.